The number of fused-ring (bicyclic) bond motifs is 1. The van der Waals surface area contributed by atoms with Crippen molar-refractivity contribution in [3.8, 4) is 0 Å². The molecular weight excluding hydrogens is 399 g/mol. The normalized spacial score (nSPS) is 11.2. The Morgan fingerprint density at radius 1 is 0.741 bits per heavy atom. The summed E-state index contributed by atoms with van der Waals surface area (Å²) >= 11 is 18.2. The Morgan fingerprint density at radius 2 is 1.48 bits per heavy atom. The predicted molar refractivity (Wildman–Crippen MR) is 114 cm³/mol. The molecule has 0 fully saturated rings. The Balaban J connectivity index is 1.64. The van der Waals surface area contributed by atoms with Gasteiger partial charge in [0.2, 0.25) is 0 Å². The molecule has 1 aromatic heterocycles. The maximum atomic E-state index is 6.15. The van der Waals surface area contributed by atoms with E-state index < -0.39 is 0 Å². The van der Waals surface area contributed by atoms with E-state index in [1.165, 1.54) is 5.56 Å². The average molecular weight is 416 g/mol. The summed E-state index contributed by atoms with van der Waals surface area (Å²) in [4.78, 5) is 4.86. The molecule has 27 heavy (non-hydrogen) atoms. The van der Waals surface area contributed by atoms with Crippen molar-refractivity contribution in [2.75, 3.05) is 0 Å². The van der Waals surface area contributed by atoms with Gasteiger partial charge in [-0.1, -0.05) is 65.1 Å². The van der Waals surface area contributed by atoms with Crippen LogP contribution in [0.25, 0.3) is 11.0 Å². The van der Waals surface area contributed by atoms with Crippen LogP contribution in [0.4, 0.5) is 0 Å². The minimum Gasteiger partial charge on any atom is -0.323 e. The Morgan fingerprint density at radius 3 is 2.26 bits per heavy atom. The highest BCUT2D eigenvalue weighted by atomic mass is 35.5. The molecule has 0 saturated carbocycles. The van der Waals surface area contributed by atoms with Crippen LogP contribution in [0.15, 0.2) is 66.7 Å². The standard InChI is InChI=1S/C22H17Cl3N2/c23-17-9-5-16(6-10-17)14-27-21-4-2-1-3-20(21)26-22(27)12-8-15-7-11-18(24)19(25)13-15/h1-7,9-11,13H,8,12,14H2. The quantitative estimate of drug-likeness (QED) is 0.349. The van der Waals surface area contributed by atoms with E-state index in [1.807, 2.05) is 42.5 Å². The molecule has 2 nitrogen and oxygen atoms in total. The maximum Gasteiger partial charge on any atom is 0.110 e. The monoisotopic (exact) mass is 414 g/mol. The zero-order chi connectivity index (χ0) is 18.8. The van der Waals surface area contributed by atoms with Crippen LogP contribution in [0.2, 0.25) is 15.1 Å². The molecule has 0 atom stereocenters. The van der Waals surface area contributed by atoms with Crippen molar-refractivity contribution in [1.82, 2.24) is 9.55 Å². The lowest BCUT2D eigenvalue weighted by molar-refractivity contribution is 0.730. The van der Waals surface area contributed by atoms with Crippen LogP contribution < -0.4 is 0 Å². The number of benzene rings is 3. The first kappa shape index (κ1) is 18.4. The molecule has 0 saturated heterocycles. The van der Waals surface area contributed by atoms with E-state index in [2.05, 4.69) is 28.8 Å². The Labute approximate surface area is 173 Å². The van der Waals surface area contributed by atoms with Crippen molar-refractivity contribution < 1.29 is 0 Å². The van der Waals surface area contributed by atoms with Gasteiger partial charge >= 0.3 is 0 Å². The fourth-order valence-corrected chi connectivity index (χ4v) is 3.66. The van der Waals surface area contributed by atoms with Crippen molar-refractivity contribution in [2.24, 2.45) is 0 Å². The van der Waals surface area contributed by atoms with Gasteiger partial charge in [0.1, 0.15) is 5.82 Å². The second-order valence-electron chi connectivity index (χ2n) is 6.48. The molecule has 0 unspecified atom stereocenters. The molecule has 0 spiro atoms. The first-order valence-corrected chi connectivity index (χ1v) is 9.86. The van der Waals surface area contributed by atoms with Crippen molar-refractivity contribution >= 4 is 45.8 Å². The molecule has 0 amide bonds. The van der Waals surface area contributed by atoms with E-state index in [1.54, 1.807) is 0 Å². The summed E-state index contributed by atoms with van der Waals surface area (Å²) in [6.45, 7) is 0.758. The van der Waals surface area contributed by atoms with Gasteiger partial charge < -0.3 is 4.57 Å². The number of nitrogens with zero attached hydrogens (tertiary/aromatic N) is 2. The molecule has 0 aliphatic rings. The summed E-state index contributed by atoms with van der Waals surface area (Å²) in [6.07, 6.45) is 1.67. The SMILES string of the molecule is Clc1ccc(Cn2c(CCc3ccc(Cl)c(Cl)c3)nc3ccccc32)cc1. The summed E-state index contributed by atoms with van der Waals surface area (Å²) in [5, 5.41) is 1.91. The lowest BCUT2D eigenvalue weighted by Crippen LogP contribution is -2.06. The Bertz CT molecular complexity index is 1080. The number of aromatic nitrogens is 2. The molecule has 1 heterocycles. The number of halogens is 3. The molecule has 3 aromatic carbocycles. The summed E-state index contributed by atoms with van der Waals surface area (Å²) in [5.41, 5.74) is 4.49. The Kier molecular flexibility index (Phi) is 5.40. The van der Waals surface area contributed by atoms with Crippen LogP contribution in [0.3, 0.4) is 0 Å². The molecule has 5 heteroatoms. The smallest absolute Gasteiger partial charge is 0.110 e. The molecule has 0 N–H and O–H groups in total. The molecule has 4 rings (SSSR count). The number of rotatable bonds is 5. The first-order chi connectivity index (χ1) is 13.1. The highest BCUT2D eigenvalue weighted by Gasteiger charge is 2.11. The number of imidazole rings is 1. The molecule has 0 radical (unpaired) electrons. The highest BCUT2D eigenvalue weighted by Crippen LogP contribution is 2.24. The predicted octanol–water partition coefficient (Wildman–Crippen LogP) is 6.83. The number of hydrogen-bond acceptors (Lipinski definition) is 1. The van der Waals surface area contributed by atoms with Gasteiger partial charge in [-0.25, -0.2) is 4.98 Å². The van der Waals surface area contributed by atoms with Crippen molar-refractivity contribution in [1.29, 1.82) is 0 Å². The summed E-state index contributed by atoms with van der Waals surface area (Å²) < 4.78 is 2.27. The number of hydrogen-bond donors (Lipinski definition) is 0. The van der Waals surface area contributed by atoms with Crippen molar-refractivity contribution in [3.63, 3.8) is 0 Å². The second-order valence-corrected chi connectivity index (χ2v) is 7.73. The third-order valence-electron chi connectivity index (χ3n) is 4.61. The topological polar surface area (TPSA) is 17.8 Å². The number of aryl methyl sites for hydroxylation is 2. The minimum absolute atomic E-state index is 0.579. The zero-order valence-corrected chi connectivity index (χ0v) is 16.8. The van der Waals surface area contributed by atoms with Gasteiger partial charge in [0.25, 0.3) is 0 Å². The van der Waals surface area contributed by atoms with Crippen LogP contribution in [-0.2, 0) is 19.4 Å². The van der Waals surface area contributed by atoms with E-state index in [0.717, 1.165) is 46.8 Å². The van der Waals surface area contributed by atoms with Gasteiger partial charge in [-0.05, 0) is 53.9 Å². The number of para-hydroxylation sites is 2. The van der Waals surface area contributed by atoms with Crippen LogP contribution in [0.1, 0.15) is 17.0 Å². The zero-order valence-electron chi connectivity index (χ0n) is 14.5. The molecule has 136 valence electrons. The van der Waals surface area contributed by atoms with Crippen molar-refractivity contribution in [2.45, 2.75) is 19.4 Å². The van der Waals surface area contributed by atoms with E-state index in [9.17, 15) is 0 Å². The lowest BCUT2D eigenvalue weighted by atomic mass is 10.1. The van der Waals surface area contributed by atoms with E-state index >= 15 is 0 Å². The summed E-state index contributed by atoms with van der Waals surface area (Å²) in [6, 6.07) is 22.0. The van der Waals surface area contributed by atoms with Gasteiger partial charge in [-0.2, -0.15) is 0 Å². The fourth-order valence-electron chi connectivity index (χ4n) is 3.22. The van der Waals surface area contributed by atoms with E-state index in [4.69, 9.17) is 39.8 Å². The second kappa shape index (κ2) is 7.93. The van der Waals surface area contributed by atoms with Crippen molar-refractivity contribution in [3.05, 3.63) is 98.7 Å². The van der Waals surface area contributed by atoms with Crippen LogP contribution in [-0.4, -0.2) is 9.55 Å². The summed E-state index contributed by atoms with van der Waals surface area (Å²) in [7, 11) is 0. The van der Waals surface area contributed by atoms with Gasteiger partial charge in [0, 0.05) is 18.0 Å². The molecule has 0 aliphatic carbocycles. The van der Waals surface area contributed by atoms with Crippen LogP contribution in [0.5, 0.6) is 0 Å². The van der Waals surface area contributed by atoms with Gasteiger partial charge in [0.15, 0.2) is 0 Å². The summed E-state index contributed by atoms with van der Waals surface area (Å²) in [5.74, 6) is 1.05. The molecule has 0 aliphatic heterocycles. The van der Waals surface area contributed by atoms with Crippen LogP contribution >= 0.6 is 34.8 Å². The molecule has 0 bridgehead atoms. The minimum atomic E-state index is 0.579. The van der Waals surface area contributed by atoms with E-state index in [-0.39, 0.29) is 0 Å². The van der Waals surface area contributed by atoms with Gasteiger partial charge in [-0.15, -0.1) is 0 Å². The third kappa shape index (κ3) is 4.14. The van der Waals surface area contributed by atoms with Crippen LogP contribution in [0, 0.1) is 0 Å². The third-order valence-corrected chi connectivity index (χ3v) is 5.60. The van der Waals surface area contributed by atoms with Gasteiger partial charge in [-0.3, -0.25) is 0 Å². The molecule has 4 aromatic rings. The largest absolute Gasteiger partial charge is 0.323 e. The lowest BCUT2D eigenvalue weighted by Gasteiger charge is -2.10. The Hall–Kier alpha value is -2.00. The van der Waals surface area contributed by atoms with Gasteiger partial charge in [0.05, 0.1) is 21.1 Å². The van der Waals surface area contributed by atoms with E-state index in [0.29, 0.717) is 10.0 Å². The maximum absolute atomic E-state index is 6.15. The molecular formula is C22H17Cl3N2. The first-order valence-electron chi connectivity index (χ1n) is 8.73. The highest BCUT2D eigenvalue weighted by molar-refractivity contribution is 6.42. The fraction of sp³-hybridized carbons (Fsp3) is 0.136. The average Bonchev–Trinajstić information content (AvgIpc) is 3.02.